The van der Waals surface area contributed by atoms with Crippen LogP contribution in [0.3, 0.4) is 0 Å². The van der Waals surface area contributed by atoms with Gasteiger partial charge < -0.3 is 0 Å². The Morgan fingerprint density at radius 2 is 0.426 bits per heavy atom. The smallest absolute Gasteiger partial charge is 0.00166 e. The van der Waals surface area contributed by atoms with Crippen LogP contribution in [-0.4, -0.2) is 0 Å². The molecule has 0 fully saturated rings. The van der Waals surface area contributed by atoms with Gasteiger partial charge in [-0.2, -0.15) is 0 Å². The van der Waals surface area contributed by atoms with Gasteiger partial charge in [0.05, 0.1) is 0 Å². The van der Waals surface area contributed by atoms with Crippen molar-refractivity contribution in [1.29, 1.82) is 0 Å². The first-order valence-corrected chi connectivity index (χ1v) is 29.6. The quantitative estimate of drug-likeness (QED) is 0.0798. The maximum absolute atomic E-state index is 2.67. The molecule has 0 spiro atoms. The van der Waals surface area contributed by atoms with Crippen LogP contribution < -0.4 is 42.4 Å². The molecule has 0 heterocycles. The second-order valence-electron chi connectivity index (χ2n) is 16.9. The predicted octanol–water partition coefficient (Wildman–Crippen LogP) is 13.9. The zero-order valence-electron chi connectivity index (χ0n) is 38.2. The van der Waals surface area contributed by atoms with Gasteiger partial charge in [0, 0.05) is 24.6 Å². The Hall–Kier alpha value is -6.08. The van der Waals surface area contributed by atoms with E-state index in [0.29, 0.717) is 0 Å². The molecule has 0 N–H and O–H groups in total. The Kier molecular flexibility index (Phi) is 15.3. The molecule has 0 nitrogen and oxygen atoms in total. The molecule has 4 heteroatoms. The standard InChI is InChI=1S/C64H54P4/c1-10-28-51(29-11-1)61-46-52(47-65(53-30-12-2-13-31-53)54-32-14-3-15-33-54)62(48-66(55-34-16-4-17-35-55)56-36-18-5-19-37-56)64(50-68(59-42-24-8-25-43-59)60-44-26-9-27-45-60)63(61)49-67(57-38-20-6-21-39-57)58-40-22-7-23-41-58/h1-46H,47-50H2. The van der Waals surface area contributed by atoms with E-state index in [9.17, 15) is 0 Å². The molecule has 0 saturated heterocycles. The van der Waals surface area contributed by atoms with Crippen molar-refractivity contribution >= 4 is 74.1 Å². The molecule has 10 rings (SSSR count). The Labute approximate surface area is 408 Å². The Morgan fingerprint density at radius 3 is 0.706 bits per heavy atom. The summed E-state index contributed by atoms with van der Waals surface area (Å²) in [5, 5.41) is 11.3. The second kappa shape index (κ2) is 22.8. The summed E-state index contributed by atoms with van der Waals surface area (Å²) in [6, 6.07) is 105. The van der Waals surface area contributed by atoms with Crippen LogP contribution in [0.25, 0.3) is 11.1 Å². The Balaban J connectivity index is 1.30. The van der Waals surface area contributed by atoms with Crippen LogP contribution in [0, 0.1) is 0 Å². The molecule has 0 amide bonds. The molecule has 0 saturated carbocycles. The van der Waals surface area contributed by atoms with Gasteiger partial charge in [-0.1, -0.05) is 279 Å². The van der Waals surface area contributed by atoms with Gasteiger partial charge in [0.25, 0.3) is 0 Å². The van der Waals surface area contributed by atoms with Gasteiger partial charge in [0.1, 0.15) is 0 Å². The molecule has 330 valence electrons. The van der Waals surface area contributed by atoms with E-state index < -0.39 is 31.7 Å². The van der Waals surface area contributed by atoms with Crippen LogP contribution in [0.15, 0.2) is 279 Å². The number of hydrogen-bond donors (Lipinski definition) is 0. The molecule has 0 aliphatic rings. The average Bonchev–Trinajstić information content (AvgIpc) is 3.43. The summed E-state index contributed by atoms with van der Waals surface area (Å²) >= 11 is 0. The first-order valence-electron chi connectivity index (χ1n) is 23.5. The van der Waals surface area contributed by atoms with Crippen LogP contribution >= 0.6 is 31.7 Å². The number of hydrogen-bond acceptors (Lipinski definition) is 0. The summed E-state index contributed by atoms with van der Waals surface area (Å²) < 4.78 is 0. The topological polar surface area (TPSA) is 0 Å². The van der Waals surface area contributed by atoms with E-state index in [2.05, 4.69) is 279 Å². The summed E-state index contributed by atoms with van der Waals surface area (Å²) in [6.07, 6.45) is 3.77. The third-order valence-electron chi connectivity index (χ3n) is 12.7. The van der Waals surface area contributed by atoms with Gasteiger partial charge in [-0.25, -0.2) is 0 Å². The molecule has 0 bridgehead atoms. The largest absolute Gasteiger partial charge is 0.0622 e. The predicted molar refractivity (Wildman–Crippen MR) is 303 cm³/mol. The first kappa shape index (κ1) is 45.7. The summed E-state index contributed by atoms with van der Waals surface area (Å²) in [7, 11) is -3.15. The highest BCUT2D eigenvalue weighted by atomic mass is 31.1. The lowest BCUT2D eigenvalue weighted by molar-refractivity contribution is 1.15. The minimum atomic E-state index is -0.809. The van der Waals surface area contributed by atoms with Crippen molar-refractivity contribution in [2.45, 2.75) is 24.6 Å². The van der Waals surface area contributed by atoms with Crippen LogP contribution in [0.4, 0.5) is 0 Å². The second-order valence-corrected chi connectivity index (χ2v) is 25.7. The van der Waals surface area contributed by atoms with Crippen LogP contribution in [-0.2, 0) is 24.6 Å². The summed E-state index contributed by atoms with van der Waals surface area (Å²) in [5.74, 6) is 0. The van der Waals surface area contributed by atoms with Gasteiger partial charge >= 0.3 is 0 Å². The molecular weight excluding hydrogens is 893 g/mol. The molecule has 0 aliphatic heterocycles. The molecule has 68 heavy (non-hydrogen) atoms. The molecule has 0 aliphatic carbocycles. The highest BCUT2D eigenvalue weighted by molar-refractivity contribution is 7.73. The van der Waals surface area contributed by atoms with E-state index in [1.54, 1.807) is 0 Å². The number of rotatable bonds is 17. The highest BCUT2D eigenvalue weighted by Crippen LogP contribution is 2.52. The SMILES string of the molecule is c1ccc(-c2cc(CP(c3ccccc3)c3ccccc3)c(CP(c3ccccc3)c3ccccc3)c(CP(c3ccccc3)c3ccccc3)c2CP(c2ccccc2)c2ccccc2)cc1. The van der Waals surface area contributed by atoms with Crippen molar-refractivity contribution in [2.75, 3.05) is 0 Å². The first-order chi connectivity index (χ1) is 33.8. The Bertz CT molecular complexity index is 2930. The molecule has 0 radical (unpaired) electrons. The van der Waals surface area contributed by atoms with Crippen molar-refractivity contribution in [3.63, 3.8) is 0 Å². The zero-order chi connectivity index (χ0) is 45.7. The van der Waals surface area contributed by atoms with Crippen LogP contribution in [0.2, 0.25) is 0 Å². The summed E-state index contributed by atoms with van der Waals surface area (Å²) in [6.45, 7) is 0. The summed E-state index contributed by atoms with van der Waals surface area (Å²) in [4.78, 5) is 0. The van der Waals surface area contributed by atoms with Gasteiger partial charge in [0.15, 0.2) is 0 Å². The van der Waals surface area contributed by atoms with Crippen LogP contribution in [0.5, 0.6) is 0 Å². The Morgan fingerprint density at radius 1 is 0.206 bits per heavy atom. The minimum absolute atomic E-state index is 0.761. The van der Waals surface area contributed by atoms with Crippen molar-refractivity contribution in [1.82, 2.24) is 0 Å². The fraction of sp³-hybridized carbons (Fsp3) is 0.0625. The third-order valence-corrected chi connectivity index (χ3v) is 22.6. The van der Waals surface area contributed by atoms with Gasteiger partial charge in [0.2, 0.25) is 0 Å². The monoisotopic (exact) mass is 946 g/mol. The molecule has 0 aromatic heterocycles. The number of benzene rings is 10. The molecule has 10 aromatic rings. The maximum Gasteiger partial charge on any atom is 0.00166 e. The van der Waals surface area contributed by atoms with Gasteiger partial charge in [-0.05, 0) is 108 Å². The van der Waals surface area contributed by atoms with Gasteiger partial charge in [-0.15, -0.1) is 0 Å². The molecule has 0 atom stereocenters. The summed E-state index contributed by atoms with van der Waals surface area (Å²) in [5.41, 5.74) is 8.69. The van der Waals surface area contributed by atoms with Gasteiger partial charge in [-0.3, -0.25) is 0 Å². The minimum Gasteiger partial charge on any atom is -0.0622 e. The lowest BCUT2D eigenvalue weighted by Gasteiger charge is -2.32. The highest BCUT2D eigenvalue weighted by Gasteiger charge is 2.30. The average molecular weight is 947 g/mol. The van der Waals surface area contributed by atoms with Crippen LogP contribution in [0.1, 0.15) is 22.3 Å². The van der Waals surface area contributed by atoms with E-state index in [0.717, 1.165) is 24.6 Å². The maximum atomic E-state index is 2.67. The third kappa shape index (κ3) is 10.9. The van der Waals surface area contributed by atoms with Crippen molar-refractivity contribution in [3.05, 3.63) is 301 Å². The van der Waals surface area contributed by atoms with E-state index in [1.165, 1.54) is 75.8 Å². The lowest BCUT2D eigenvalue weighted by atomic mass is 9.90. The lowest BCUT2D eigenvalue weighted by Crippen LogP contribution is -2.20. The molecule has 10 aromatic carbocycles. The van der Waals surface area contributed by atoms with E-state index in [1.807, 2.05) is 0 Å². The van der Waals surface area contributed by atoms with Crippen molar-refractivity contribution in [2.24, 2.45) is 0 Å². The zero-order valence-corrected chi connectivity index (χ0v) is 41.8. The normalized spacial score (nSPS) is 11.4. The van der Waals surface area contributed by atoms with Crippen molar-refractivity contribution in [3.8, 4) is 11.1 Å². The van der Waals surface area contributed by atoms with E-state index >= 15 is 0 Å². The molecule has 0 unspecified atom stereocenters. The fourth-order valence-corrected chi connectivity index (χ4v) is 18.9. The molecular formula is C64H54P4. The fourth-order valence-electron chi connectivity index (χ4n) is 9.31. The van der Waals surface area contributed by atoms with Crippen molar-refractivity contribution < 1.29 is 0 Å². The van der Waals surface area contributed by atoms with E-state index in [-0.39, 0.29) is 0 Å². The van der Waals surface area contributed by atoms with E-state index in [4.69, 9.17) is 0 Å².